The highest BCUT2D eigenvalue weighted by atomic mass is 32.2. The molecule has 3 aromatic carbocycles. The Morgan fingerprint density at radius 3 is 2.07 bits per heavy atom. The lowest BCUT2D eigenvalue weighted by Crippen LogP contribution is -2.55. The summed E-state index contributed by atoms with van der Waals surface area (Å²) >= 11 is 0. The molecule has 1 atom stereocenters. The molecule has 0 unspecified atom stereocenters. The van der Waals surface area contributed by atoms with E-state index in [2.05, 4.69) is 5.32 Å². The van der Waals surface area contributed by atoms with Crippen molar-refractivity contribution in [3.63, 3.8) is 0 Å². The van der Waals surface area contributed by atoms with Crippen molar-refractivity contribution in [2.75, 3.05) is 31.6 Å². The van der Waals surface area contributed by atoms with Crippen molar-refractivity contribution in [2.45, 2.75) is 50.6 Å². The fraction of sp³-hybridized carbons (Fsp3) is 0.355. The lowest BCUT2D eigenvalue weighted by Gasteiger charge is -2.33. The zero-order chi connectivity index (χ0) is 30.2. The highest BCUT2D eigenvalue weighted by molar-refractivity contribution is 7.92. The van der Waals surface area contributed by atoms with Crippen molar-refractivity contribution in [3.05, 3.63) is 84.4 Å². The molecule has 220 valence electrons. The zero-order valence-electron chi connectivity index (χ0n) is 24.5. The number of para-hydroxylation sites is 2. The van der Waals surface area contributed by atoms with E-state index in [1.165, 1.54) is 31.3 Å². The molecule has 2 amide bonds. The second-order valence-corrected chi connectivity index (χ2v) is 12.5. The standard InChI is InChI=1S/C31H39N3O6S/c1-23(30(36)32-31(2,3)4)33(21-20-24-12-8-7-9-13-24)29(35)22-34(27-14-10-11-15-28(27)40-6)41(37,38)26-18-16-25(39-5)17-19-26/h7-19,23H,20-22H2,1-6H3,(H,32,36)/t23-/m0/s1. The first-order valence-corrected chi connectivity index (χ1v) is 14.8. The van der Waals surface area contributed by atoms with Crippen molar-refractivity contribution in [1.29, 1.82) is 0 Å². The van der Waals surface area contributed by atoms with E-state index in [4.69, 9.17) is 9.47 Å². The van der Waals surface area contributed by atoms with Gasteiger partial charge in [-0.3, -0.25) is 13.9 Å². The molecule has 1 N–H and O–H groups in total. The number of ether oxygens (including phenoxy) is 2. The molecule has 3 aromatic rings. The Labute approximate surface area is 243 Å². The number of carbonyl (C=O) groups excluding carboxylic acids is 2. The van der Waals surface area contributed by atoms with Gasteiger partial charge in [-0.1, -0.05) is 42.5 Å². The van der Waals surface area contributed by atoms with Crippen molar-refractivity contribution in [3.8, 4) is 11.5 Å². The van der Waals surface area contributed by atoms with Gasteiger partial charge in [0.25, 0.3) is 10.0 Å². The number of benzene rings is 3. The third-order valence-corrected chi connectivity index (χ3v) is 8.20. The summed E-state index contributed by atoms with van der Waals surface area (Å²) in [6.07, 6.45) is 0.486. The molecule has 0 radical (unpaired) electrons. The van der Waals surface area contributed by atoms with Crippen LogP contribution < -0.4 is 19.1 Å². The molecule has 41 heavy (non-hydrogen) atoms. The van der Waals surface area contributed by atoms with Gasteiger partial charge in [-0.05, 0) is 76.1 Å². The van der Waals surface area contributed by atoms with Crippen LogP contribution in [0.3, 0.4) is 0 Å². The third kappa shape index (κ3) is 8.23. The van der Waals surface area contributed by atoms with E-state index in [0.717, 1.165) is 9.87 Å². The summed E-state index contributed by atoms with van der Waals surface area (Å²) in [6, 6.07) is 21.3. The Balaban J connectivity index is 2.03. The molecule has 0 bridgehead atoms. The van der Waals surface area contributed by atoms with E-state index in [1.54, 1.807) is 43.3 Å². The molecule has 0 aliphatic carbocycles. The van der Waals surface area contributed by atoms with Crippen LogP contribution in [0.2, 0.25) is 0 Å². The molecular formula is C31H39N3O6S. The number of hydrogen-bond donors (Lipinski definition) is 1. The minimum absolute atomic E-state index is 0.0219. The van der Waals surface area contributed by atoms with E-state index in [0.29, 0.717) is 12.2 Å². The maximum atomic E-state index is 14.0. The van der Waals surface area contributed by atoms with Crippen LogP contribution in [0.15, 0.2) is 83.8 Å². The number of rotatable bonds is 12. The summed E-state index contributed by atoms with van der Waals surface area (Å²) in [5.74, 6) is -0.0809. The molecule has 0 spiro atoms. The molecule has 0 saturated heterocycles. The van der Waals surface area contributed by atoms with Crippen molar-refractivity contribution in [2.24, 2.45) is 0 Å². The predicted molar refractivity (Wildman–Crippen MR) is 160 cm³/mol. The summed E-state index contributed by atoms with van der Waals surface area (Å²) in [5, 5.41) is 2.93. The molecule has 0 aliphatic rings. The second kappa shape index (κ2) is 13.5. The number of methoxy groups -OCH3 is 2. The van der Waals surface area contributed by atoms with Gasteiger partial charge in [-0.15, -0.1) is 0 Å². The fourth-order valence-corrected chi connectivity index (χ4v) is 5.69. The Kier molecular flexibility index (Phi) is 10.4. The van der Waals surface area contributed by atoms with Crippen LogP contribution in [-0.4, -0.2) is 64.0 Å². The Morgan fingerprint density at radius 1 is 0.878 bits per heavy atom. The minimum Gasteiger partial charge on any atom is -0.497 e. The number of carbonyl (C=O) groups is 2. The Morgan fingerprint density at radius 2 is 1.49 bits per heavy atom. The topological polar surface area (TPSA) is 105 Å². The number of nitrogens with zero attached hydrogens (tertiary/aromatic N) is 2. The molecule has 0 aromatic heterocycles. The highest BCUT2D eigenvalue weighted by Crippen LogP contribution is 2.33. The number of hydrogen-bond acceptors (Lipinski definition) is 6. The summed E-state index contributed by atoms with van der Waals surface area (Å²) in [4.78, 5) is 28.6. The van der Waals surface area contributed by atoms with Crippen LogP contribution in [-0.2, 0) is 26.0 Å². The van der Waals surface area contributed by atoms with Crippen LogP contribution in [0.4, 0.5) is 5.69 Å². The Bertz CT molecular complexity index is 1420. The molecular weight excluding hydrogens is 542 g/mol. The minimum atomic E-state index is -4.23. The average Bonchev–Trinajstić information content (AvgIpc) is 2.95. The van der Waals surface area contributed by atoms with Crippen LogP contribution in [0.5, 0.6) is 11.5 Å². The molecule has 0 saturated carbocycles. The van der Waals surface area contributed by atoms with E-state index in [-0.39, 0.29) is 28.8 Å². The normalized spacial score (nSPS) is 12.2. The first-order valence-electron chi connectivity index (χ1n) is 13.3. The number of amides is 2. The number of anilines is 1. The van der Waals surface area contributed by atoms with E-state index < -0.39 is 34.1 Å². The van der Waals surface area contributed by atoms with E-state index >= 15 is 0 Å². The summed E-state index contributed by atoms with van der Waals surface area (Å²) in [7, 11) is -1.31. The van der Waals surface area contributed by atoms with Crippen molar-refractivity contribution >= 4 is 27.5 Å². The van der Waals surface area contributed by atoms with Gasteiger partial charge in [0.1, 0.15) is 24.1 Å². The summed E-state index contributed by atoms with van der Waals surface area (Å²) in [5.41, 5.74) is 0.677. The smallest absolute Gasteiger partial charge is 0.264 e. The monoisotopic (exact) mass is 581 g/mol. The van der Waals surface area contributed by atoms with Gasteiger partial charge in [-0.25, -0.2) is 8.42 Å². The molecule has 10 heteroatoms. The third-order valence-electron chi connectivity index (χ3n) is 6.43. The molecule has 3 rings (SSSR count). The zero-order valence-corrected chi connectivity index (χ0v) is 25.3. The van der Waals surface area contributed by atoms with Crippen LogP contribution in [0.1, 0.15) is 33.3 Å². The Hall–Kier alpha value is -4.05. The van der Waals surface area contributed by atoms with Gasteiger partial charge in [0.2, 0.25) is 11.8 Å². The first kappa shape index (κ1) is 31.5. The van der Waals surface area contributed by atoms with Gasteiger partial charge in [0.05, 0.1) is 24.8 Å². The van der Waals surface area contributed by atoms with Crippen LogP contribution in [0, 0.1) is 0 Å². The number of nitrogens with one attached hydrogen (secondary N) is 1. The molecule has 0 aliphatic heterocycles. The predicted octanol–water partition coefficient (Wildman–Crippen LogP) is 4.27. The van der Waals surface area contributed by atoms with Crippen LogP contribution >= 0.6 is 0 Å². The summed E-state index contributed by atoms with van der Waals surface area (Å²) in [6.45, 7) is 6.89. The maximum Gasteiger partial charge on any atom is 0.264 e. The molecule has 0 fully saturated rings. The van der Waals surface area contributed by atoms with Crippen LogP contribution in [0.25, 0.3) is 0 Å². The maximum absolute atomic E-state index is 14.0. The lowest BCUT2D eigenvalue weighted by atomic mass is 10.1. The van der Waals surface area contributed by atoms with E-state index in [9.17, 15) is 18.0 Å². The van der Waals surface area contributed by atoms with Gasteiger partial charge in [-0.2, -0.15) is 0 Å². The largest absolute Gasteiger partial charge is 0.497 e. The van der Waals surface area contributed by atoms with Gasteiger partial charge >= 0.3 is 0 Å². The highest BCUT2D eigenvalue weighted by Gasteiger charge is 2.34. The number of sulfonamides is 1. The van der Waals surface area contributed by atoms with Gasteiger partial charge in [0.15, 0.2) is 0 Å². The van der Waals surface area contributed by atoms with E-state index in [1.807, 2.05) is 51.1 Å². The van der Waals surface area contributed by atoms with Gasteiger partial charge in [0, 0.05) is 12.1 Å². The molecule has 0 heterocycles. The van der Waals surface area contributed by atoms with Gasteiger partial charge < -0.3 is 19.7 Å². The quantitative estimate of drug-likeness (QED) is 0.343. The lowest BCUT2D eigenvalue weighted by molar-refractivity contribution is -0.139. The fourth-order valence-electron chi connectivity index (χ4n) is 4.27. The molecule has 9 nitrogen and oxygen atoms in total. The van der Waals surface area contributed by atoms with Crippen molar-refractivity contribution in [1.82, 2.24) is 10.2 Å². The SMILES string of the molecule is COc1ccc(S(=O)(=O)N(CC(=O)N(CCc2ccccc2)[C@@H](C)C(=O)NC(C)(C)C)c2ccccc2OC)cc1. The average molecular weight is 582 g/mol. The second-order valence-electron chi connectivity index (χ2n) is 10.6. The first-order chi connectivity index (χ1) is 19.4. The van der Waals surface area contributed by atoms with Crippen molar-refractivity contribution < 1.29 is 27.5 Å². The summed E-state index contributed by atoms with van der Waals surface area (Å²) < 4.78 is 39.7.